The highest BCUT2D eigenvalue weighted by Crippen LogP contribution is 2.17. The second kappa shape index (κ2) is 7.97. The molecule has 0 aromatic heterocycles. The normalized spacial score (nSPS) is 23.2. The Hall–Kier alpha value is -1.32. The Morgan fingerprint density at radius 1 is 1.32 bits per heavy atom. The van der Waals surface area contributed by atoms with E-state index in [1.807, 2.05) is 26.0 Å². The summed E-state index contributed by atoms with van der Waals surface area (Å²) in [6.07, 6.45) is 9.62. The van der Waals surface area contributed by atoms with Crippen molar-refractivity contribution >= 4 is 11.9 Å². The average molecular weight is 267 g/mol. The third-order valence-corrected chi connectivity index (χ3v) is 3.41. The van der Waals surface area contributed by atoms with Crippen LogP contribution in [-0.4, -0.2) is 23.0 Å². The van der Waals surface area contributed by atoms with Gasteiger partial charge in [-0.25, -0.2) is 4.79 Å². The summed E-state index contributed by atoms with van der Waals surface area (Å²) in [5, 5.41) is 11.8. The number of rotatable bonds is 5. The summed E-state index contributed by atoms with van der Waals surface area (Å²) < 4.78 is 0. The number of carbonyl (C=O) groups excluding carboxylic acids is 1. The van der Waals surface area contributed by atoms with E-state index < -0.39 is 12.0 Å². The molecule has 1 aliphatic carbocycles. The van der Waals surface area contributed by atoms with Crippen LogP contribution in [0, 0.1) is 11.8 Å². The summed E-state index contributed by atoms with van der Waals surface area (Å²) in [4.78, 5) is 23.3. The SMILES string of the molecule is CC(C)C[C@H](NC(=O)C1/C=C\CCCCC1)C(=O)O. The second-order valence-electron chi connectivity index (χ2n) is 5.70. The van der Waals surface area contributed by atoms with Gasteiger partial charge < -0.3 is 10.4 Å². The van der Waals surface area contributed by atoms with Crippen LogP contribution in [0.1, 0.15) is 52.4 Å². The van der Waals surface area contributed by atoms with Crippen molar-refractivity contribution in [1.29, 1.82) is 0 Å². The minimum absolute atomic E-state index is 0.147. The van der Waals surface area contributed by atoms with E-state index in [9.17, 15) is 9.59 Å². The first-order valence-electron chi connectivity index (χ1n) is 7.20. The number of amides is 1. The third kappa shape index (κ3) is 5.90. The Morgan fingerprint density at radius 3 is 2.68 bits per heavy atom. The lowest BCUT2D eigenvalue weighted by Crippen LogP contribution is -2.44. The summed E-state index contributed by atoms with van der Waals surface area (Å²) in [6.45, 7) is 3.91. The van der Waals surface area contributed by atoms with Crippen LogP contribution < -0.4 is 5.32 Å². The highest BCUT2D eigenvalue weighted by molar-refractivity contribution is 5.86. The zero-order valence-electron chi connectivity index (χ0n) is 11.9. The standard InChI is InChI=1S/C15H25NO3/c1-11(2)10-13(15(18)19)16-14(17)12-8-6-4-3-5-7-9-12/h6,8,11-13H,3-5,7,9-10H2,1-2H3,(H,16,17)(H,18,19)/b8-6-/t12?,13-/m0/s1. The molecule has 0 spiro atoms. The third-order valence-electron chi connectivity index (χ3n) is 3.41. The van der Waals surface area contributed by atoms with Crippen molar-refractivity contribution in [3.05, 3.63) is 12.2 Å². The minimum Gasteiger partial charge on any atom is -0.480 e. The number of hydrogen-bond acceptors (Lipinski definition) is 2. The van der Waals surface area contributed by atoms with Gasteiger partial charge in [-0.3, -0.25) is 4.79 Å². The fourth-order valence-electron chi connectivity index (χ4n) is 2.35. The van der Waals surface area contributed by atoms with E-state index in [0.717, 1.165) is 25.7 Å². The Labute approximate surface area is 115 Å². The van der Waals surface area contributed by atoms with Crippen LogP contribution in [0.3, 0.4) is 0 Å². The maximum atomic E-state index is 12.1. The fourth-order valence-corrected chi connectivity index (χ4v) is 2.35. The first kappa shape index (κ1) is 15.7. The molecule has 0 radical (unpaired) electrons. The summed E-state index contributed by atoms with van der Waals surface area (Å²) in [5.41, 5.74) is 0. The molecule has 4 nitrogen and oxygen atoms in total. The Balaban J connectivity index is 2.59. The molecule has 0 aromatic rings. The lowest BCUT2D eigenvalue weighted by Gasteiger charge is -2.20. The molecule has 0 saturated heterocycles. The van der Waals surface area contributed by atoms with Crippen molar-refractivity contribution in [2.75, 3.05) is 0 Å². The molecule has 2 N–H and O–H groups in total. The Bertz CT molecular complexity index is 336. The van der Waals surface area contributed by atoms with Crippen LogP contribution in [0.5, 0.6) is 0 Å². The summed E-state index contributed by atoms with van der Waals surface area (Å²) in [7, 11) is 0. The van der Waals surface area contributed by atoms with Gasteiger partial charge in [0.2, 0.25) is 5.91 Å². The van der Waals surface area contributed by atoms with Crippen LogP contribution in [0.25, 0.3) is 0 Å². The van der Waals surface area contributed by atoms with Gasteiger partial charge in [0.25, 0.3) is 0 Å². The number of aliphatic carboxylic acids is 1. The van der Waals surface area contributed by atoms with E-state index in [1.165, 1.54) is 6.42 Å². The highest BCUT2D eigenvalue weighted by atomic mass is 16.4. The molecular formula is C15H25NO3. The smallest absolute Gasteiger partial charge is 0.326 e. The van der Waals surface area contributed by atoms with Gasteiger partial charge in [-0.05, 0) is 31.6 Å². The van der Waals surface area contributed by atoms with Gasteiger partial charge in [0.15, 0.2) is 0 Å². The zero-order chi connectivity index (χ0) is 14.3. The van der Waals surface area contributed by atoms with Gasteiger partial charge in [-0.1, -0.05) is 38.8 Å². The van der Waals surface area contributed by atoms with Gasteiger partial charge in [0.1, 0.15) is 6.04 Å². The maximum Gasteiger partial charge on any atom is 0.326 e. The van der Waals surface area contributed by atoms with Crippen LogP contribution in [0.4, 0.5) is 0 Å². The monoisotopic (exact) mass is 267 g/mol. The maximum absolute atomic E-state index is 12.1. The lowest BCUT2D eigenvalue weighted by molar-refractivity contribution is -0.142. The molecule has 0 heterocycles. The number of carboxylic acids is 1. The Morgan fingerprint density at radius 2 is 2.05 bits per heavy atom. The molecule has 108 valence electrons. The number of nitrogens with one attached hydrogen (secondary N) is 1. The Kier molecular flexibility index (Phi) is 6.60. The van der Waals surface area contributed by atoms with Crippen LogP contribution in [0.15, 0.2) is 12.2 Å². The molecular weight excluding hydrogens is 242 g/mol. The summed E-state index contributed by atoms with van der Waals surface area (Å²) in [6, 6.07) is -0.772. The minimum atomic E-state index is -0.947. The molecule has 1 unspecified atom stereocenters. The fraction of sp³-hybridized carbons (Fsp3) is 0.733. The van der Waals surface area contributed by atoms with Crippen LogP contribution in [0.2, 0.25) is 0 Å². The molecule has 0 aliphatic heterocycles. The van der Waals surface area contributed by atoms with Gasteiger partial charge in [-0.15, -0.1) is 0 Å². The van der Waals surface area contributed by atoms with Gasteiger partial charge in [0.05, 0.1) is 5.92 Å². The number of carboxylic acid groups (broad SMARTS) is 1. The lowest BCUT2D eigenvalue weighted by atomic mass is 9.95. The van der Waals surface area contributed by atoms with Crippen molar-refractivity contribution in [3.63, 3.8) is 0 Å². The first-order valence-corrected chi connectivity index (χ1v) is 7.20. The molecule has 0 fully saturated rings. The molecule has 0 saturated carbocycles. The molecule has 2 atom stereocenters. The largest absolute Gasteiger partial charge is 0.480 e. The molecule has 1 amide bonds. The van der Waals surface area contributed by atoms with Crippen molar-refractivity contribution < 1.29 is 14.7 Å². The molecule has 0 bridgehead atoms. The number of hydrogen-bond donors (Lipinski definition) is 2. The molecule has 1 aliphatic rings. The van der Waals surface area contributed by atoms with E-state index in [4.69, 9.17) is 5.11 Å². The van der Waals surface area contributed by atoms with Crippen molar-refractivity contribution in [1.82, 2.24) is 5.32 Å². The van der Waals surface area contributed by atoms with Gasteiger partial charge >= 0.3 is 5.97 Å². The van der Waals surface area contributed by atoms with E-state index in [1.54, 1.807) is 0 Å². The molecule has 19 heavy (non-hydrogen) atoms. The zero-order valence-corrected chi connectivity index (χ0v) is 11.9. The second-order valence-corrected chi connectivity index (χ2v) is 5.70. The van der Waals surface area contributed by atoms with E-state index >= 15 is 0 Å². The molecule has 0 aromatic carbocycles. The van der Waals surface area contributed by atoms with Gasteiger partial charge in [-0.2, -0.15) is 0 Å². The van der Waals surface area contributed by atoms with E-state index in [-0.39, 0.29) is 17.7 Å². The number of carbonyl (C=O) groups is 2. The van der Waals surface area contributed by atoms with Crippen LogP contribution >= 0.6 is 0 Å². The van der Waals surface area contributed by atoms with E-state index in [2.05, 4.69) is 5.32 Å². The molecule has 4 heteroatoms. The van der Waals surface area contributed by atoms with Crippen LogP contribution in [-0.2, 0) is 9.59 Å². The average Bonchev–Trinajstić information content (AvgIpc) is 2.26. The van der Waals surface area contributed by atoms with E-state index in [0.29, 0.717) is 6.42 Å². The predicted octanol–water partition coefficient (Wildman–Crippen LogP) is 2.74. The van der Waals surface area contributed by atoms with Gasteiger partial charge in [0, 0.05) is 0 Å². The summed E-state index contributed by atoms with van der Waals surface area (Å²) in [5.74, 6) is -1.02. The first-order chi connectivity index (χ1) is 9.00. The molecule has 1 rings (SSSR count). The quantitative estimate of drug-likeness (QED) is 0.753. The topological polar surface area (TPSA) is 66.4 Å². The van der Waals surface area contributed by atoms with Crippen molar-refractivity contribution in [2.24, 2.45) is 11.8 Å². The van der Waals surface area contributed by atoms with Crippen molar-refractivity contribution in [2.45, 2.75) is 58.4 Å². The number of allylic oxidation sites excluding steroid dienone is 1. The highest BCUT2D eigenvalue weighted by Gasteiger charge is 2.24. The summed E-state index contributed by atoms with van der Waals surface area (Å²) >= 11 is 0. The van der Waals surface area contributed by atoms with Crippen molar-refractivity contribution in [3.8, 4) is 0 Å². The predicted molar refractivity (Wildman–Crippen MR) is 74.7 cm³/mol.